The maximum atomic E-state index is 10.8. The summed E-state index contributed by atoms with van der Waals surface area (Å²) in [5.41, 5.74) is -8.77. The average Bonchev–Trinajstić information content (AvgIpc) is 2.27. The van der Waals surface area contributed by atoms with E-state index in [1.165, 1.54) is 27.7 Å². The van der Waals surface area contributed by atoms with E-state index in [2.05, 4.69) is 6.58 Å². The molecule has 120 valence electrons. The van der Waals surface area contributed by atoms with Crippen molar-refractivity contribution in [3.63, 3.8) is 0 Å². The predicted molar refractivity (Wildman–Crippen MR) is 78.2 cm³/mol. The lowest BCUT2D eigenvalue weighted by Gasteiger charge is -2.57. The smallest absolute Gasteiger partial charge is 0.124 e. The van der Waals surface area contributed by atoms with Gasteiger partial charge in [0.25, 0.3) is 0 Å². The standard InChI is InChI=1S/C15H30O5/c1-8-9-11(2,3)13(5,18)15(7,20)14(6,19)12(4,17)10-16/h8,16-20H,1,9-10H2,2-7H3. The highest BCUT2D eigenvalue weighted by Gasteiger charge is 2.65. The maximum absolute atomic E-state index is 10.8. The van der Waals surface area contributed by atoms with Gasteiger partial charge in [-0.3, -0.25) is 0 Å². The van der Waals surface area contributed by atoms with Gasteiger partial charge in [0.15, 0.2) is 0 Å². The third-order valence-electron chi connectivity index (χ3n) is 5.22. The number of allylic oxidation sites excluding steroid dienone is 1. The first-order valence-electron chi connectivity index (χ1n) is 6.73. The Morgan fingerprint density at radius 1 is 0.800 bits per heavy atom. The van der Waals surface area contributed by atoms with E-state index in [4.69, 9.17) is 0 Å². The van der Waals surface area contributed by atoms with Crippen molar-refractivity contribution >= 4 is 0 Å². The Hall–Kier alpha value is -0.460. The number of aliphatic hydroxyl groups excluding tert-OH is 1. The van der Waals surface area contributed by atoms with Crippen molar-refractivity contribution in [2.45, 2.75) is 70.4 Å². The van der Waals surface area contributed by atoms with Gasteiger partial charge < -0.3 is 25.5 Å². The summed E-state index contributed by atoms with van der Waals surface area (Å²) in [5.74, 6) is 0. The first-order chi connectivity index (χ1) is 8.62. The molecule has 4 unspecified atom stereocenters. The molecule has 0 aliphatic rings. The van der Waals surface area contributed by atoms with Gasteiger partial charge in [-0.25, -0.2) is 0 Å². The molecule has 5 N–H and O–H groups in total. The molecule has 0 rings (SSSR count). The molecule has 0 saturated heterocycles. The van der Waals surface area contributed by atoms with E-state index < -0.39 is 34.4 Å². The van der Waals surface area contributed by atoms with Gasteiger partial charge in [0.05, 0.1) is 12.2 Å². The summed E-state index contributed by atoms with van der Waals surface area (Å²) in [5, 5.41) is 51.6. The van der Waals surface area contributed by atoms with Gasteiger partial charge >= 0.3 is 0 Å². The quantitative estimate of drug-likeness (QED) is 0.442. The molecule has 5 nitrogen and oxygen atoms in total. The van der Waals surface area contributed by atoms with Crippen LogP contribution in [0.2, 0.25) is 0 Å². The SMILES string of the molecule is C=CCC(C)(C)C(C)(O)C(C)(O)C(C)(O)C(C)(O)CO. The molecule has 0 aliphatic heterocycles. The van der Waals surface area contributed by atoms with E-state index >= 15 is 0 Å². The van der Waals surface area contributed by atoms with Gasteiger partial charge in [0.1, 0.15) is 16.8 Å². The van der Waals surface area contributed by atoms with Gasteiger partial charge in [-0.15, -0.1) is 6.58 Å². The van der Waals surface area contributed by atoms with Gasteiger partial charge in [-0.2, -0.15) is 0 Å². The van der Waals surface area contributed by atoms with Gasteiger partial charge in [0.2, 0.25) is 0 Å². The summed E-state index contributed by atoms with van der Waals surface area (Å²) in [4.78, 5) is 0. The second kappa shape index (κ2) is 5.39. The lowest BCUT2D eigenvalue weighted by Crippen LogP contribution is -2.75. The second-order valence-electron chi connectivity index (χ2n) is 7.03. The van der Waals surface area contributed by atoms with E-state index in [0.717, 1.165) is 0 Å². The van der Waals surface area contributed by atoms with Crippen LogP contribution in [0.25, 0.3) is 0 Å². The van der Waals surface area contributed by atoms with Crippen molar-refractivity contribution in [1.82, 2.24) is 0 Å². The van der Waals surface area contributed by atoms with E-state index in [0.29, 0.717) is 6.42 Å². The molecule has 0 spiro atoms. The van der Waals surface area contributed by atoms with Crippen LogP contribution in [-0.2, 0) is 0 Å². The molecule has 0 saturated carbocycles. The fourth-order valence-electron chi connectivity index (χ4n) is 2.37. The van der Waals surface area contributed by atoms with Crippen LogP contribution in [0.1, 0.15) is 48.0 Å². The Kier molecular flexibility index (Phi) is 5.26. The van der Waals surface area contributed by atoms with E-state index in [1.54, 1.807) is 19.9 Å². The highest BCUT2D eigenvalue weighted by Crippen LogP contribution is 2.48. The monoisotopic (exact) mass is 290 g/mol. The van der Waals surface area contributed by atoms with Crippen LogP contribution in [0, 0.1) is 5.41 Å². The van der Waals surface area contributed by atoms with Crippen LogP contribution in [0.5, 0.6) is 0 Å². The molecule has 0 aliphatic carbocycles. The summed E-state index contributed by atoms with van der Waals surface area (Å²) >= 11 is 0. The molecule has 0 fully saturated rings. The zero-order valence-corrected chi connectivity index (χ0v) is 13.4. The minimum absolute atomic E-state index is 0.396. The Balaban J connectivity index is 5.90. The molecule has 0 aromatic rings. The number of aliphatic hydroxyl groups is 5. The highest BCUT2D eigenvalue weighted by atomic mass is 16.4. The Morgan fingerprint density at radius 3 is 1.50 bits per heavy atom. The molecule has 0 aromatic carbocycles. The molecule has 0 aromatic heterocycles. The molecule has 0 bridgehead atoms. The van der Waals surface area contributed by atoms with E-state index in [9.17, 15) is 25.5 Å². The molecule has 4 atom stereocenters. The Morgan fingerprint density at radius 2 is 1.20 bits per heavy atom. The first kappa shape index (κ1) is 19.5. The molecule has 20 heavy (non-hydrogen) atoms. The Bertz CT molecular complexity index is 353. The third-order valence-corrected chi connectivity index (χ3v) is 5.22. The van der Waals surface area contributed by atoms with Crippen molar-refractivity contribution < 1.29 is 25.5 Å². The largest absolute Gasteiger partial charge is 0.393 e. The highest BCUT2D eigenvalue weighted by molar-refractivity contribution is 5.17. The van der Waals surface area contributed by atoms with Crippen LogP contribution >= 0.6 is 0 Å². The molecule has 0 heterocycles. The van der Waals surface area contributed by atoms with Crippen molar-refractivity contribution in [2.24, 2.45) is 5.41 Å². The van der Waals surface area contributed by atoms with E-state index in [1.807, 2.05) is 0 Å². The first-order valence-corrected chi connectivity index (χ1v) is 6.73. The zero-order chi connectivity index (χ0) is 16.6. The number of hydrogen-bond acceptors (Lipinski definition) is 5. The third kappa shape index (κ3) is 2.65. The molecule has 0 radical (unpaired) electrons. The fraction of sp³-hybridized carbons (Fsp3) is 0.867. The molecular weight excluding hydrogens is 260 g/mol. The van der Waals surface area contributed by atoms with Crippen LogP contribution in [0.3, 0.4) is 0 Å². The summed E-state index contributed by atoms with van der Waals surface area (Å²) in [6, 6.07) is 0. The number of hydrogen-bond donors (Lipinski definition) is 5. The molecule has 0 amide bonds. The zero-order valence-electron chi connectivity index (χ0n) is 13.4. The topological polar surface area (TPSA) is 101 Å². The maximum Gasteiger partial charge on any atom is 0.124 e. The van der Waals surface area contributed by atoms with Crippen LogP contribution in [0.15, 0.2) is 12.7 Å². The van der Waals surface area contributed by atoms with Gasteiger partial charge in [0, 0.05) is 0 Å². The van der Waals surface area contributed by atoms with Crippen molar-refractivity contribution in [2.75, 3.05) is 6.61 Å². The molecular formula is C15H30O5. The lowest BCUT2D eigenvalue weighted by molar-refractivity contribution is -0.305. The fourth-order valence-corrected chi connectivity index (χ4v) is 2.37. The summed E-state index contributed by atoms with van der Waals surface area (Å²) < 4.78 is 0. The summed E-state index contributed by atoms with van der Waals surface area (Å²) in [7, 11) is 0. The normalized spacial score (nSPS) is 24.9. The van der Waals surface area contributed by atoms with E-state index in [-0.39, 0.29) is 0 Å². The predicted octanol–water partition coefficient (Wildman–Crippen LogP) is 0.585. The lowest BCUT2D eigenvalue weighted by atomic mass is 9.57. The molecule has 5 heteroatoms. The second-order valence-corrected chi connectivity index (χ2v) is 7.03. The van der Waals surface area contributed by atoms with Crippen molar-refractivity contribution in [3.8, 4) is 0 Å². The Labute approximate surface area is 121 Å². The van der Waals surface area contributed by atoms with Crippen LogP contribution in [0.4, 0.5) is 0 Å². The minimum atomic E-state index is -2.14. The summed E-state index contributed by atoms with van der Waals surface area (Å²) in [6.07, 6.45) is 2.01. The van der Waals surface area contributed by atoms with Crippen molar-refractivity contribution in [3.05, 3.63) is 12.7 Å². The van der Waals surface area contributed by atoms with Crippen molar-refractivity contribution in [1.29, 1.82) is 0 Å². The number of rotatable bonds is 7. The summed E-state index contributed by atoms with van der Waals surface area (Å²) in [6.45, 7) is 11.4. The van der Waals surface area contributed by atoms with Gasteiger partial charge in [-0.1, -0.05) is 19.9 Å². The van der Waals surface area contributed by atoms with Gasteiger partial charge in [-0.05, 0) is 39.5 Å². The van der Waals surface area contributed by atoms with Crippen LogP contribution in [-0.4, -0.2) is 54.5 Å². The average molecular weight is 290 g/mol. The minimum Gasteiger partial charge on any atom is -0.393 e. The van der Waals surface area contributed by atoms with Crippen LogP contribution < -0.4 is 0 Å².